The van der Waals surface area contributed by atoms with Crippen LogP contribution in [-0.4, -0.2) is 32.8 Å². The largest absolute Gasteiger partial charge is 0.459 e. The highest BCUT2D eigenvalue weighted by atomic mass is 32.2. The lowest BCUT2D eigenvalue weighted by Crippen LogP contribution is -2.38. The second kappa shape index (κ2) is 8.00. The molecule has 7 nitrogen and oxygen atoms in total. The maximum atomic E-state index is 12.6. The highest BCUT2D eigenvalue weighted by Gasteiger charge is 2.38. The highest BCUT2D eigenvalue weighted by molar-refractivity contribution is 8.00. The summed E-state index contributed by atoms with van der Waals surface area (Å²) in [4.78, 5) is 28.3. The summed E-state index contributed by atoms with van der Waals surface area (Å²) in [6.07, 6.45) is 4.11. The van der Waals surface area contributed by atoms with Crippen LogP contribution in [0.4, 0.5) is 5.82 Å². The minimum Gasteiger partial charge on any atom is -0.459 e. The van der Waals surface area contributed by atoms with Crippen LogP contribution in [-0.2, 0) is 14.3 Å². The summed E-state index contributed by atoms with van der Waals surface area (Å²) in [7, 11) is 0. The number of anilines is 1. The van der Waals surface area contributed by atoms with E-state index in [2.05, 4.69) is 25.8 Å². The third-order valence-corrected chi connectivity index (χ3v) is 6.34. The summed E-state index contributed by atoms with van der Waals surface area (Å²) in [5.41, 5.74) is 4.32. The van der Waals surface area contributed by atoms with Gasteiger partial charge in [0.2, 0.25) is 5.44 Å². The van der Waals surface area contributed by atoms with Crippen LogP contribution >= 0.6 is 11.8 Å². The van der Waals surface area contributed by atoms with E-state index in [4.69, 9.17) is 15.2 Å². The number of thioether (sulfide) groups is 1. The van der Waals surface area contributed by atoms with Gasteiger partial charge in [-0.05, 0) is 36.7 Å². The number of nitrogens with two attached hydrogens (primary N) is 1. The minimum absolute atomic E-state index is 0.0598. The van der Waals surface area contributed by atoms with Gasteiger partial charge in [0, 0.05) is 11.9 Å². The first-order valence-corrected chi connectivity index (χ1v) is 10.2. The van der Waals surface area contributed by atoms with Crippen molar-refractivity contribution in [1.82, 2.24) is 9.55 Å². The summed E-state index contributed by atoms with van der Waals surface area (Å²) in [6.45, 7) is 6.56. The average Bonchev–Trinajstić information content (AvgIpc) is 3.04. The van der Waals surface area contributed by atoms with Gasteiger partial charge in [-0.2, -0.15) is 4.98 Å². The summed E-state index contributed by atoms with van der Waals surface area (Å²) in [5.74, 6) is 1.73. The van der Waals surface area contributed by atoms with E-state index in [9.17, 15) is 9.59 Å². The third kappa shape index (κ3) is 4.23. The van der Waals surface area contributed by atoms with Gasteiger partial charge in [-0.15, -0.1) is 11.8 Å². The van der Waals surface area contributed by atoms with E-state index in [0.29, 0.717) is 23.5 Å². The van der Waals surface area contributed by atoms with Crippen LogP contribution < -0.4 is 11.4 Å². The van der Waals surface area contributed by atoms with E-state index in [0.717, 1.165) is 12.8 Å². The second-order valence-electron chi connectivity index (χ2n) is 7.60. The average molecular weight is 381 g/mol. The lowest BCUT2D eigenvalue weighted by molar-refractivity contribution is -0.166. The Kier molecular flexibility index (Phi) is 5.92. The molecule has 1 aliphatic carbocycles. The normalized spacial score (nSPS) is 31.9. The van der Waals surface area contributed by atoms with Crippen molar-refractivity contribution in [2.45, 2.75) is 57.8 Å². The first-order valence-electron chi connectivity index (χ1n) is 9.17. The maximum absolute atomic E-state index is 12.6. The van der Waals surface area contributed by atoms with Crippen molar-refractivity contribution in [2.75, 3.05) is 11.5 Å². The van der Waals surface area contributed by atoms with Gasteiger partial charge in [0.15, 0.2) is 0 Å². The predicted octanol–water partition coefficient (Wildman–Crippen LogP) is 2.42. The number of rotatable bonds is 4. The van der Waals surface area contributed by atoms with Gasteiger partial charge in [0.1, 0.15) is 18.1 Å². The molecule has 1 saturated carbocycles. The molecule has 1 aromatic heterocycles. The fraction of sp³-hybridized carbons (Fsp3) is 0.722. The fourth-order valence-electron chi connectivity index (χ4n) is 3.76. The molecule has 1 aliphatic heterocycles. The fourth-order valence-corrected chi connectivity index (χ4v) is 4.74. The molecule has 5 atom stereocenters. The van der Waals surface area contributed by atoms with Crippen LogP contribution in [0.25, 0.3) is 0 Å². The number of hydrogen-bond donors (Lipinski definition) is 1. The highest BCUT2D eigenvalue weighted by Crippen LogP contribution is 2.37. The van der Waals surface area contributed by atoms with Gasteiger partial charge in [-0.3, -0.25) is 4.57 Å². The molecule has 0 aromatic carbocycles. The number of aromatic nitrogens is 2. The molecule has 0 amide bonds. The molecular formula is C18H27N3O4S. The number of ether oxygens (including phenoxy) is 2. The monoisotopic (exact) mass is 381 g/mol. The molecule has 0 spiro atoms. The summed E-state index contributed by atoms with van der Waals surface area (Å²) in [6, 6.07) is 1.54. The molecule has 1 saturated heterocycles. The van der Waals surface area contributed by atoms with Crippen molar-refractivity contribution in [3.63, 3.8) is 0 Å². The molecule has 0 unspecified atom stereocenters. The SMILES string of the molecule is CC(C)[C@@H]1CC[C@H](C)C[C@@H]1OC(=O)[C@@H]1O[C@@H](n2ccc(N)nc2=O)CS1. The van der Waals surface area contributed by atoms with Gasteiger partial charge in [-0.1, -0.05) is 27.2 Å². The van der Waals surface area contributed by atoms with Crippen LogP contribution in [0.5, 0.6) is 0 Å². The Morgan fingerprint density at radius 3 is 2.92 bits per heavy atom. The van der Waals surface area contributed by atoms with E-state index >= 15 is 0 Å². The van der Waals surface area contributed by atoms with Gasteiger partial charge < -0.3 is 15.2 Å². The van der Waals surface area contributed by atoms with Crippen molar-refractivity contribution in [1.29, 1.82) is 0 Å². The van der Waals surface area contributed by atoms with Crippen LogP contribution in [0.15, 0.2) is 17.1 Å². The molecule has 1 aromatic rings. The number of carbonyl (C=O) groups is 1. The standard InChI is InChI=1S/C18H27N3O4S/c1-10(2)12-5-4-11(3)8-13(12)24-16(22)17-25-15(9-26-17)21-7-6-14(19)20-18(21)23/h6-7,10-13,15,17H,4-5,8-9H2,1-3H3,(H2,19,20,23)/t11-,12-,13-,15+,17+/m0/s1. The zero-order chi connectivity index (χ0) is 18.8. The molecule has 2 N–H and O–H groups in total. The molecule has 0 radical (unpaired) electrons. The smallest absolute Gasteiger partial charge is 0.351 e. The zero-order valence-electron chi connectivity index (χ0n) is 15.5. The first kappa shape index (κ1) is 19.2. The molecule has 0 bridgehead atoms. The van der Waals surface area contributed by atoms with E-state index in [1.807, 2.05) is 0 Å². The number of esters is 1. The topological polar surface area (TPSA) is 96.4 Å². The predicted molar refractivity (Wildman–Crippen MR) is 101 cm³/mol. The molecule has 144 valence electrons. The van der Waals surface area contributed by atoms with E-state index < -0.39 is 17.4 Å². The first-order chi connectivity index (χ1) is 12.3. The number of nitrogens with zero attached hydrogens (tertiary/aromatic N) is 2. The zero-order valence-corrected chi connectivity index (χ0v) is 16.3. The molecule has 2 heterocycles. The van der Waals surface area contributed by atoms with Crippen molar-refractivity contribution < 1.29 is 14.3 Å². The lowest BCUT2D eigenvalue weighted by atomic mass is 9.75. The Bertz CT molecular complexity index is 708. The molecule has 3 rings (SSSR count). The van der Waals surface area contributed by atoms with Crippen LogP contribution in [0, 0.1) is 17.8 Å². The van der Waals surface area contributed by atoms with Crippen molar-refractivity contribution >= 4 is 23.5 Å². The summed E-state index contributed by atoms with van der Waals surface area (Å²) < 4.78 is 13.0. The Labute approximate surface area is 157 Å². The van der Waals surface area contributed by atoms with Crippen molar-refractivity contribution in [3.05, 3.63) is 22.7 Å². The minimum atomic E-state index is -0.713. The van der Waals surface area contributed by atoms with E-state index in [1.54, 1.807) is 6.20 Å². The second-order valence-corrected chi connectivity index (χ2v) is 8.69. The number of nitrogen functional groups attached to an aromatic ring is 1. The Morgan fingerprint density at radius 2 is 2.23 bits per heavy atom. The van der Waals surface area contributed by atoms with Crippen molar-refractivity contribution in [2.24, 2.45) is 17.8 Å². The van der Waals surface area contributed by atoms with Crippen LogP contribution in [0.3, 0.4) is 0 Å². The molecule has 2 aliphatic rings. The van der Waals surface area contributed by atoms with Crippen molar-refractivity contribution in [3.8, 4) is 0 Å². The van der Waals surface area contributed by atoms with E-state index in [1.165, 1.54) is 28.8 Å². The van der Waals surface area contributed by atoms with Crippen LogP contribution in [0.2, 0.25) is 0 Å². The molecule has 8 heteroatoms. The summed E-state index contributed by atoms with van der Waals surface area (Å²) >= 11 is 1.35. The Balaban J connectivity index is 1.63. The molecule has 2 fully saturated rings. The maximum Gasteiger partial charge on any atom is 0.351 e. The molecule has 26 heavy (non-hydrogen) atoms. The quantitative estimate of drug-likeness (QED) is 0.800. The van der Waals surface area contributed by atoms with Crippen LogP contribution in [0.1, 0.15) is 46.3 Å². The summed E-state index contributed by atoms with van der Waals surface area (Å²) in [5, 5.41) is 0. The number of carbonyl (C=O) groups excluding carboxylic acids is 1. The van der Waals surface area contributed by atoms with Gasteiger partial charge in [0.25, 0.3) is 0 Å². The van der Waals surface area contributed by atoms with Gasteiger partial charge >= 0.3 is 11.7 Å². The Morgan fingerprint density at radius 1 is 1.46 bits per heavy atom. The van der Waals surface area contributed by atoms with Gasteiger partial charge in [-0.25, -0.2) is 9.59 Å². The van der Waals surface area contributed by atoms with E-state index in [-0.39, 0.29) is 17.9 Å². The Hall–Kier alpha value is -1.54. The van der Waals surface area contributed by atoms with Gasteiger partial charge in [0.05, 0.1) is 0 Å². The third-order valence-electron chi connectivity index (χ3n) is 5.25. The molecular weight excluding hydrogens is 354 g/mol. The lowest BCUT2D eigenvalue weighted by Gasteiger charge is -2.37. The number of hydrogen-bond acceptors (Lipinski definition) is 7.